The molecule has 0 aromatic heterocycles. The normalized spacial score (nSPS) is 12.1. The molecule has 8 nitrogen and oxygen atoms in total. The Kier molecular flexibility index (Phi) is 10.3. The molecular formula is C31H39N3O5S. The fraction of sp³-hybridized carbons (Fsp3) is 0.355. The second-order valence-electron chi connectivity index (χ2n) is 10.1. The molecule has 1 atom stereocenters. The van der Waals surface area contributed by atoms with Gasteiger partial charge in [0.2, 0.25) is 11.8 Å². The molecule has 0 saturated carbocycles. The largest absolute Gasteiger partial charge is 0.497 e. The minimum atomic E-state index is -4.10. The Bertz CT molecular complexity index is 1420. The quantitative estimate of drug-likeness (QED) is 0.339. The average Bonchev–Trinajstić information content (AvgIpc) is 2.93. The molecule has 0 aliphatic heterocycles. The van der Waals surface area contributed by atoms with Crippen LogP contribution in [0.1, 0.15) is 43.9 Å². The Balaban J connectivity index is 2.08. The molecule has 9 heteroatoms. The molecule has 0 fully saturated rings. The number of methoxy groups -OCH3 is 1. The maximum Gasteiger partial charge on any atom is 0.264 e. The third-order valence-electron chi connectivity index (χ3n) is 6.69. The van der Waals surface area contributed by atoms with Gasteiger partial charge in [-0.15, -0.1) is 0 Å². The summed E-state index contributed by atoms with van der Waals surface area (Å²) in [4.78, 5) is 28.9. The molecular weight excluding hydrogens is 526 g/mol. The van der Waals surface area contributed by atoms with Crippen LogP contribution in [-0.2, 0) is 26.2 Å². The van der Waals surface area contributed by atoms with E-state index in [1.54, 1.807) is 49.6 Å². The molecule has 0 unspecified atom stereocenters. The summed E-state index contributed by atoms with van der Waals surface area (Å²) >= 11 is 0. The molecule has 0 aliphatic rings. The van der Waals surface area contributed by atoms with Crippen molar-refractivity contribution in [2.45, 2.75) is 64.6 Å². The highest BCUT2D eigenvalue weighted by Gasteiger charge is 2.34. The van der Waals surface area contributed by atoms with Crippen LogP contribution in [-0.4, -0.2) is 50.9 Å². The van der Waals surface area contributed by atoms with Gasteiger partial charge in [0, 0.05) is 12.6 Å². The number of nitrogens with zero attached hydrogens (tertiary/aromatic N) is 2. The number of carbonyl (C=O) groups is 2. The van der Waals surface area contributed by atoms with Crippen molar-refractivity contribution < 1.29 is 22.7 Å². The molecule has 0 saturated heterocycles. The molecule has 0 heterocycles. The number of nitrogens with one attached hydrogen (secondary N) is 1. The first-order valence-electron chi connectivity index (χ1n) is 13.4. The number of carbonyl (C=O) groups excluding carboxylic acids is 2. The van der Waals surface area contributed by atoms with E-state index < -0.39 is 28.5 Å². The van der Waals surface area contributed by atoms with Gasteiger partial charge < -0.3 is 15.0 Å². The number of ether oxygens (including phenoxy) is 1. The van der Waals surface area contributed by atoms with Gasteiger partial charge in [0.25, 0.3) is 10.0 Å². The molecule has 3 aromatic carbocycles. The molecule has 3 rings (SSSR count). The zero-order valence-corrected chi connectivity index (χ0v) is 24.9. The molecule has 1 N–H and O–H groups in total. The molecule has 3 aromatic rings. The van der Waals surface area contributed by atoms with Crippen molar-refractivity contribution in [3.8, 4) is 5.75 Å². The molecule has 0 bridgehead atoms. The van der Waals surface area contributed by atoms with Crippen LogP contribution in [0.5, 0.6) is 5.75 Å². The van der Waals surface area contributed by atoms with Gasteiger partial charge in [0.1, 0.15) is 18.3 Å². The highest BCUT2D eigenvalue weighted by molar-refractivity contribution is 7.92. The van der Waals surface area contributed by atoms with Crippen LogP contribution in [0.2, 0.25) is 0 Å². The molecule has 0 radical (unpaired) electrons. The third kappa shape index (κ3) is 7.41. The zero-order chi connectivity index (χ0) is 29.4. The van der Waals surface area contributed by atoms with Crippen molar-refractivity contribution in [1.82, 2.24) is 10.2 Å². The average molecular weight is 566 g/mol. The predicted octanol–water partition coefficient (Wildman–Crippen LogP) is 4.84. The first-order valence-corrected chi connectivity index (χ1v) is 14.8. The number of aryl methyl sites for hydroxylation is 2. The lowest BCUT2D eigenvalue weighted by molar-refractivity contribution is -0.140. The van der Waals surface area contributed by atoms with E-state index in [1.807, 2.05) is 52.8 Å². The minimum absolute atomic E-state index is 0.0740. The monoisotopic (exact) mass is 565 g/mol. The van der Waals surface area contributed by atoms with Crippen LogP contribution in [0.25, 0.3) is 0 Å². The Labute approximate surface area is 238 Å². The number of hydrogen-bond acceptors (Lipinski definition) is 5. The van der Waals surface area contributed by atoms with E-state index in [1.165, 1.54) is 17.0 Å². The summed E-state index contributed by atoms with van der Waals surface area (Å²) < 4.78 is 34.3. The van der Waals surface area contributed by atoms with Crippen molar-refractivity contribution in [2.24, 2.45) is 0 Å². The predicted molar refractivity (Wildman–Crippen MR) is 158 cm³/mol. The number of benzene rings is 3. The lowest BCUT2D eigenvalue weighted by atomic mass is 10.1. The van der Waals surface area contributed by atoms with Gasteiger partial charge in [-0.05, 0) is 87.2 Å². The minimum Gasteiger partial charge on any atom is -0.497 e. The van der Waals surface area contributed by atoms with E-state index in [0.717, 1.165) is 21.0 Å². The molecule has 0 spiro atoms. The van der Waals surface area contributed by atoms with Crippen LogP contribution < -0.4 is 14.4 Å². The molecule has 0 aliphatic carbocycles. The van der Waals surface area contributed by atoms with Gasteiger partial charge in [-0.3, -0.25) is 13.9 Å². The van der Waals surface area contributed by atoms with Crippen molar-refractivity contribution in [1.29, 1.82) is 0 Å². The summed E-state index contributed by atoms with van der Waals surface area (Å²) in [5.74, 6) is -0.170. The van der Waals surface area contributed by atoms with E-state index in [4.69, 9.17) is 4.74 Å². The summed E-state index contributed by atoms with van der Waals surface area (Å²) in [6, 6.07) is 19.7. The van der Waals surface area contributed by atoms with Crippen LogP contribution in [0, 0.1) is 13.8 Å². The number of rotatable bonds is 12. The first-order chi connectivity index (χ1) is 19.0. The highest BCUT2D eigenvalue weighted by atomic mass is 32.2. The lowest BCUT2D eigenvalue weighted by Gasteiger charge is -2.33. The van der Waals surface area contributed by atoms with E-state index in [0.29, 0.717) is 17.9 Å². The van der Waals surface area contributed by atoms with Crippen LogP contribution in [0.4, 0.5) is 5.69 Å². The summed E-state index contributed by atoms with van der Waals surface area (Å²) in [7, 11) is -2.54. The summed E-state index contributed by atoms with van der Waals surface area (Å²) in [5.41, 5.74) is 3.03. The molecule has 40 heavy (non-hydrogen) atoms. The van der Waals surface area contributed by atoms with E-state index in [9.17, 15) is 18.0 Å². The van der Waals surface area contributed by atoms with Crippen LogP contribution in [0.15, 0.2) is 77.7 Å². The topological polar surface area (TPSA) is 96.0 Å². The smallest absolute Gasteiger partial charge is 0.264 e. The van der Waals surface area contributed by atoms with Crippen molar-refractivity contribution >= 4 is 27.5 Å². The maximum absolute atomic E-state index is 14.1. The first kappa shape index (κ1) is 30.7. The summed E-state index contributed by atoms with van der Waals surface area (Å²) in [6.07, 6.45) is 0.351. The van der Waals surface area contributed by atoms with E-state index in [2.05, 4.69) is 5.32 Å². The van der Waals surface area contributed by atoms with Gasteiger partial charge in [0.05, 0.1) is 17.7 Å². The molecule has 214 valence electrons. The standard InChI is InChI=1S/C31H39N3O5S/c1-7-29(31(36)32-22(2)3)33(20-25-12-11-13-27(19-25)39-6)30(35)21-34(26-17-16-23(4)24(5)18-26)40(37,38)28-14-9-8-10-15-28/h8-19,22,29H,7,20-21H2,1-6H3,(H,32,36)/t29-/m1/s1. The Morgan fingerprint density at radius 3 is 2.23 bits per heavy atom. The number of anilines is 1. The third-order valence-corrected chi connectivity index (χ3v) is 8.48. The SMILES string of the molecule is CC[C@H](C(=O)NC(C)C)N(Cc1cccc(OC)c1)C(=O)CN(c1ccc(C)c(C)c1)S(=O)(=O)c1ccccc1. The van der Waals surface area contributed by atoms with Gasteiger partial charge >= 0.3 is 0 Å². The lowest BCUT2D eigenvalue weighted by Crippen LogP contribution is -2.53. The van der Waals surface area contributed by atoms with Crippen molar-refractivity contribution in [2.75, 3.05) is 18.0 Å². The van der Waals surface area contributed by atoms with Gasteiger partial charge in [0.15, 0.2) is 0 Å². The number of sulfonamides is 1. The van der Waals surface area contributed by atoms with Crippen LogP contribution >= 0.6 is 0 Å². The summed E-state index contributed by atoms with van der Waals surface area (Å²) in [5, 5.41) is 2.90. The molecule has 2 amide bonds. The van der Waals surface area contributed by atoms with E-state index >= 15 is 0 Å². The fourth-order valence-electron chi connectivity index (χ4n) is 4.40. The Morgan fingerprint density at radius 2 is 1.62 bits per heavy atom. The zero-order valence-electron chi connectivity index (χ0n) is 24.0. The highest BCUT2D eigenvalue weighted by Crippen LogP contribution is 2.27. The second kappa shape index (κ2) is 13.5. The van der Waals surface area contributed by atoms with Crippen molar-refractivity contribution in [3.63, 3.8) is 0 Å². The van der Waals surface area contributed by atoms with E-state index in [-0.39, 0.29) is 23.4 Å². The number of amides is 2. The number of hydrogen-bond donors (Lipinski definition) is 1. The Morgan fingerprint density at radius 1 is 0.925 bits per heavy atom. The second-order valence-corrected chi connectivity index (χ2v) is 11.9. The Hall–Kier alpha value is -3.85. The van der Waals surface area contributed by atoms with Gasteiger partial charge in [-0.25, -0.2) is 8.42 Å². The maximum atomic E-state index is 14.1. The van der Waals surface area contributed by atoms with Gasteiger partial charge in [-0.2, -0.15) is 0 Å². The van der Waals surface area contributed by atoms with Crippen LogP contribution in [0.3, 0.4) is 0 Å². The summed E-state index contributed by atoms with van der Waals surface area (Å²) in [6.45, 7) is 9.00. The van der Waals surface area contributed by atoms with Gasteiger partial charge in [-0.1, -0.05) is 43.3 Å². The van der Waals surface area contributed by atoms with Crippen molar-refractivity contribution in [3.05, 3.63) is 89.5 Å². The fourth-order valence-corrected chi connectivity index (χ4v) is 5.82.